The number of carbonyl (C=O) groups is 1. The maximum Gasteiger partial charge on any atom is 0.311 e. The molecule has 141 heavy (non-hydrogen) atoms. The summed E-state index contributed by atoms with van der Waals surface area (Å²) in [4.78, 5) is 22.2. The van der Waals surface area contributed by atoms with E-state index in [1.54, 1.807) is 175 Å². The summed E-state index contributed by atoms with van der Waals surface area (Å²) in [6, 6.07) is 80.7. The van der Waals surface area contributed by atoms with Crippen LogP contribution in [0.25, 0.3) is 33.4 Å². The van der Waals surface area contributed by atoms with Crippen molar-refractivity contribution >= 4 is 62.1 Å². The molecule has 31 heteroatoms. The van der Waals surface area contributed by atoms with E-state index in [-0.39, 0.29) is 17.3 Å². The van der Waals surface area contributed by atoms with Crippen LogP contribution in [-0.2, 0) is 4.79 Å². The lowest BCUT2D eigenvalue weighted by Gasteiger charge is -2.17. The third kappa shape index (κ3) is 30.5. The molecule has 31 nitrogen and oxygen atoms in total. The standard InChI is InChI=1S/C20H20N2O4.C19H20N2O4.C18H16N2O5.C18H18N2O3.C18H17NO3.C17H15NO2/c1-13(23)22-19-11-14(5-6-20(19)26-4)18(7-8-21)15-9-16(24-2)12-17(10-15)25-3;1-22-13-5-6-16(21)15(11-13)14(7-8-20)12-9-17(23-2)19(25-4)18(10-12)24-3;1-23-14-8-13(9-15(11-14)24-2)16(6-7-19)12-4-5-18(25-3)17(10-12)20(21)22;1-21-14-8-13(9-15(11-14)22-2)16(6-7-19)12-4-5-18(23-3)17(20)10-12;1-20-15-6-4-5-13(9-15)18(7-8-19)14-10-16(21-2)12-17(11-14)22-3;1-19-15-7-3-5-13(11-15)17(9-10-18)14-6-4-8-16(12-14)20-2/h5-7,9-12H,1-4H3,(H,22,23);5-7,9-11H,21H2,1-4H3;4-6,8-11H,1-3H3;4-6,8-11H,20H2,1-3H3;4-7,9-12H,1-3H3;3-9,11-12H,1-2H3. The van der Waals surface area contributed by atoms with Crippen LogP contribution in [0.15, 0.2) is 267 Å². The van der Waals surface area contributed by atoms with Gasteiger partial charge in [0.25, 0.3) is 0 Å². The fraction of sp³-hybridized carbons (Fsp3) is 0.173. The quantitative estimate of drug-likeness (QED) is 0.0152. The number of allylic oxidation sites excluding steroid dienone is 6. The molecule has 0 spiro atoms. The number of ether oxygens (including phenoxy) is 18. The van der Waals surface area contributed by atoms with E-state index in [9.17, 15) is 25.4 Å². The zero-order chi connectivity index (χ0) is 103. The zero-order valence-electron chi connectivity index (χ0n) is 81.3. The summed E-state index contributed by atoms with van der Waals surface area (Å²) in [6.45, 7) is 1.42. The molecule has 1 amide bonds. The van der Waals surface area contributed by atoms with Gasteiger partial charge in [-0.15, -0.1) is 0 Å². The van der Waals surface area contributed by atoms with Gasteiger partial charge in [0.1, 0.15) is 80.5 Å². The summed E-state index contributed by atoms with van der Waals surface area (Å²) in [6.07, 6.45) is 8.68. The third-order valence-electron chi connectivity index (χ3n) is 20.6. The first-order valence-electron chi connectivity index (χ1n) is 42.2. The maximum absolute atomic E-state index is 11.5. The second-order valence-electron chi connectivity index (χ2n) is 28.8. The van der Waals surface area contributed by atoms with Crippen molar-refractivity contribution in [3.05, 3.63) is 344 Å². The molecule has 0 aliphatic carbocycles. The van der Waals surface area contributed by atoms with Crippen LogP contribution in [-0.4, -0.2) is 139 Å². The van der Waals surface area contributed by atoms with Crippen LogP contribution in [0, 0.1) is 78.1 Å². The molecule has 0 unspecified atom stereocenters. The number of nitrogens with zero attached hydrogens (tertiary/aromatic N) is 7. The van der Waals surface area contributed by atoms with E-state index in [0.717, 1.165) is 78.5 Å². The molecule has 12 aromatic rings. The van der Waals surface area contributed by atoms with E-state index in [4.69, 9.17) is 118 Å². The Kier molecular flexibility index (Phi) is 43.4. The molecule has 0 saturated carbocycles. The summed E-state index contributed by atoms with van der Waals surface area (Å²) in [7, 11) is 28.0. The number of benzene rings is 12. The molecule has 0 heterocycles. The van der Waals surface area contributed by atoms with E-state index in [0.29, 0.717) is 137 Å². The predicted octanol–water partition coefficient (Wildman–Crippen LogP) is 21.0. The minimum absolute atomic E-state index is 0.147. The fourth-order valence-corrected chi connectivity index (χ4v) is 13.8. The number of amides is 1. The number of nitriles is 6. The van der Waals surface area contributed by atoms with Crippen molar-refractivity contribution in [1.29, 1.82) is 31.6 Å². The van der Waals surface area contributed by atoms with Crippen molar-refractivity contribution in [2.75, 3.05) is 145 Å². The molecule has 0 saturated heterocycles. The lowest BCUT2D eigenvalue weighted by atomic mass is 9.95. The van der Waals surface area contributed by atoms with Crippen molar-refractivity contribution in [2.45, 2.75) is 6.92 Å². The maximum atomic E-state index is 11.5. The van der Waals surface area contributed by atoms with E-state index in [2.05, 4.69) is 35.7 Å². The van der Waals surface area contributed by atoms with Gasteiger partial charge in [0.05, 0.1) is 181 Å². The van der Waals surface area contributed by atoms with Crippen molar-refractivity contribution in [3.8, 4) is 140 Å². The molecule has 0 aromatic heterocycles. The lowest BCUT2D eigenvalue weighted by molar-refractivity contribution is -0.385. The SMILES string of the molecule is COc1cc(OC)cc(C(=CC#N)c2ccc(OC)c(N)c2)c1.COc1cc(OC)cc(C(=CC#N)c2ccc(OC)c(NC(C)=O)c2)c1.COc1cc(OC)cc(C(=CC#N)c2ccc(OC)c([N+](=O)[O-])c2)c1.COc1ccc(N)c(C(=CC#N)c2cc(OC)c(OC)c(OC)c2)c1.COc1cccc(C(=CC#N)c2cc(OC)cc(OC)c2)c1.COc1cccc(C(=CC#N)c2cccc(OC)c2)c1. The number of anilines is 3. The Labute approximate surface area is 819 Å². The van der Waals surface area contributed by atoms with Crippen molar-refractivity contribution in [2.24, 2.45) is 0 Å². The Bertz CT molecular complexity index is 6700. The number of nitro groups is 1. The highest BCUT2D eigenvalue weighted by molar-refractivity contribution is 5.94. The number of nitrogens with two attached hydrogens (primary N) is 2. The first-order chi connectivity index (χ1) is 68.2. The third-order valence-corrected chi connectivity index (χ3v) is 20.6. The smallest absolute Gasteiger partial charge is 0.311 e. The van der Waals surface area contributed by atoms with Crippen LogP contribution in [0.5, 0.6) is 103 Å². The normalized spacial score (nSPS) is 10.5. The highest BCUT2D eigenvalue weighted by Crippen LogP contribution is 2.45. The van der Waals surface area contributed by atoms with Crippen LogP contribution in [0.4, 0.5) is 22.7 Å². The number of rotatable bonds is 32. The number of carbonyl (C=O) groups excluding carboxylic acids is 1. The molecule has 5 N–H and O–H groups in total. The van der Waals surface area contributed by atoms with Crippen molar-refractivity contribution in [1.82, 2.24) is 0 Å². The highest BCUT2D eigenvalue weighted by atomic mass is 16.6. The Morgan fingerprint density at radius 1 is 0.270 bits per heavy atom. The van der Waals surface area contributed by atoms with Gasteiger partial charge in [-0.1, -0.05) is 54.6 Å². The molecule has 0 atom stereocenters. The number of nitro benzene ring substituents is 1. The molecule has 0 aliphatic rings. The van der Waals surface area contributed by atoms with E-state index >= 15 is 0 Å². The summed E-state index contributed by atoms with van der Waals surface area (Å²) in [5, 5.41) is 68.9. The summed E-state index contributed by atoms with van der Waals surface area (Å²) in [5.74, 6) is 10.3. The van der Waals surface area contributed by atoms with Gasteiger partial charge in [-0.25, -0.2) is 0 Å². The molecule has 12 rings (SSSR count). The number of methoxy groups -OCH3 is 18. The number of nitrogens with one attached hydrogen (secondary N) is 1. The first kappa shape index (κ1) is 109. The second kappa shape index (κ2) is 56.2. The van der Waals surface area contributed by atoms with Gasteiger partial charge in [-0.2, -0.15) is 31.6 Å². The summed E-state index contributed by atoms with van der Waals surface area (Å²) in [5.41, 5.74) is 26.8. The Hall–Kier alpha value is -19.1. The predicted molar refractivity (Wildman–Crippen MR) is 541 cm³/mol. The molecule has 0 aliphatic heterocycles. The van der Waals surface area contributed by atoms with E-state index < -0.39 is 4.92 Å². The van der Waals surface area contributed by atoms with Crippen molar-refractivity contribution in [3.63, 3.8) is 0 Å². The summed E-state index contributed by atoms with van der Waals surface area (Å²) < 4.78 is 94.8. The van der Waals surface area contributed by atoms with Gasteiger partial charge in [-0.3, -0.25) is 14.9 Å². The summed E-state index contributed by atoms with van der Waals surface area (Å²) >= 11 is 0. The number of nitrogen functional groups attached to an aromatic ring is 2. The van der Waals surface area contributed by atoms with E-state index in [1.165, 1.54) is 105 Å². The molecular formula is C110H106N10O21. The molecule has 0 fully saturated rings. The average Bonchev–Trinajstić information content (AvgIpc) is 0.789. The monoisotopic (exact) mass is 1900 g/mol. The second-order valence-corrected chi connectivity index (χ2v) is 28.8. The van der Waals surface area contributed by atoms with Gasteiger partial charge in [0.2, 0.25) is 11.7 Å². The van der Waals surface area contributed by atoms with Gasteiger partial charge in [0.15, 0.2) is 17.2 Å². The Balaban J connectivity index is 0.000000230. The largest absolute Gasteiger partial charge is 0.497 e. The Morgan fingerprint density at radius 3 is 0.830 bits per heavy atom. The molecule has 0 radical (unpaired) electrons. The van der Waals surface area contributed by atoms with E-state index in [1.807, 2.05) is 127 Å². The minimum atomic E-state index is -0.529. The molecular weight excluding hydrogens is 1800 g/mol. The average molecular weight is 1900 g/mol. The Morgan fingerprint density at radius 2 is 0.539 bits per heavy atom. The topological polar surface area (TPSA) is 433 Å². The van der Waals surface area contributed by atoms with Gasteiger partial charge in [-0.05, 0) is 235 Å². The van der Waals surface area contributed by atoms with Crippen LogP contribution >= 0.6 is 0 Å². The van der Waals surface area contributed by atoms with Gasteiger partial charge in [0, 0.05) is 90.5 Å². The van der Waals surface area contributed by atoms with Gasteiger partial charge < -0.3 is 102 Å². The fourth-order valence-electron chi connectivity index (χ4n) is 13.8. The van der Waals surface area contributed by atoms with Crippen LogP contribution in [0.3, 0.4) is 0 Å². The zero-order valence-corrected chi connectivity index (χ0v) is 81.3. The molecule has 12 aromatic carbocycles. The van der Waals surface area contributed by atoms with Crippen molar-refractivity contribution < 1.29 is 95.0 Å². The van der Waals surface area contributed by atoms with Crippen LogP contribution in [0.2, 0.25) is 0 Å². The highest BCUT2D eigenvalue weighted by Gasteiger charge is 2.23. The van der Waals surface area contributed by atoms with Gasteiger partial charge >= 0.3 is 5.69 Å². The number of hydrogen-bond acceptors (Lipinski definition) is 29. The molecule has 722 valence electrons. The van der Waals surface area contributed by atoms with Crippen LogP contribution in [0.1, 0.15) is 73.7 Å². The van der Waals surface area contributed by atoms with Crippen LogP contribution < -0.4 is 102 Å². The first-order valence-corrected chi connectivity index (χ1v) is 42.2. The molecule has 0 bridgehead atoms. The lowest BCUT2D eigenvalue weighted by Crippen LogP contribution is -2.07. The number of hydrogen-bond donors (Lipinski definition) is 3. The minimum Gasteiger partial charge on any atom is -0.497 e.